The molecule has 1 unspecified atom stereocenters. The van der Waals surface area contributed by atoms with Crippen molar-refractivity contribution < 1.29 is 14.7 Å². The molecule has 1 aliphatic rings. The number of ketones is 1. The monoisotopic (exact) mass is 496 g/mol. The van der Waals surface area contributed by atoms with Gasteiger partial charge in [-0.1, -0.05) is 45.7 Å². The third-order valence-corrected chi connectivity index (χ3v) is 6.67. The number of Topliss-reactive ketones (excluding diaryl/α,β-unsaturated/α-hetero) is 1. The molecule has 0 bridgehead atoms. The maximum atomic E-state index is 13.2. The number of benzene rings is 2. The highest BCUT2D eigenvalue weighted by Crippen LogP contribution is 2.43. The van der Waals surface area contributed by atoms with Gasteiger partial charge in [-0.3, -0.25) is 19.5 Å². The summed E-state index contributed by atoms with van der Waals surface area (Å²) in [4.78, 5) is 31.9. The molecule has 0 radical (unpaired) electrons. The quantitative estimate of drug-likeness (QED) is 0.284. The summed E-state index contributed by atoms with van der Waals surface area (Å²) in [6.45, 7) is 3.67. The highest BCUT2D eigenvalue weighted by molar-refractivity contribution is 9.10. The predicted octanol–water partition coefficient (Wildman–Crippen LogP) is 5.74. The van der Waals surface area contributed by atoms with E-state index in [1.54, 1.807) is 67.8 Å². The summed E-state index contributed by atoms with van der Waals surface area (Å²) in [6.07, 6.45) is 3.20. The number of hydrogen-bond donors (Lipinski definition) is 1. The maximum absolute atomic E-state index is 13.2. The van der Waals surface area contributed by atoms with Crippen LogP contribution in [0.4, 0.5) is 5.69 Å². The fraction of sp³-hybridized carbons (Fsp3) is 0.125. The zero-order chi connectivity index (χ0) is 22.3. The van der Waals surface area contributed by atoms with Gasteiger partial charge in [-0.25, -0.2) is 0 Å². The molecule has 1 aliphatic heterocycles. The Kier molecular flexibility index (Phi) is 5.69. The number of carbonyl (C=O) groups is 2. The third-order valence-electron chi connectivity index (χ3n) is 5.37. The van der Waals surface area contributed by atoms with Crippen molar-refractivity contribution in [2.45, 2.75) is 19.9 Å². The average molecular weight is 498 g/mol. The summed E-state index contributed by atoms with van der Waals surface area (Å²) in [6, 6.07) is 13.1. The van der Waals surface area contributed by atoms with E-state index in [0.29, 0.717) is 27.4 Å². The van der Waals surface area contributed by atoms with Crippen molar-refractivity contribution in [3.63, 3.8) is 0 Å². The zero-order valence-electron chi connectivity index (χ0n) is 16.8. The third kappa shape index (κ3) is 3.66. The number of halogens is 2. The lowest BCUT2D eigenvalue weighted by atomic mass is 9.95. The lowest BCUT2D eigenvalue weighted by molar-refractivity contribution is -0.132. The molecule has 0 spiro atoms. The van der Waals surface area contributed by atoms with E-state index < -0.39 is 17.7 Å². The molecule has 0 aliphatic carbocycles. The molecule has 2 aromatic carbocycles. The van der Waals surface area contributed by atoms with Crippen molar-refractivity contribution in [2.24, 2.45) is 0 Å². The van der Waals surface area contributed by atoms with Gasteiger partial charge in [0.15, 0.2) is 0 Å². The first-order chi connectivity index (χ1) is 14.8. The molecule has 156 valence electrons. The molecule has 31 heavy (non-hydrogen) atoms. The van der Waals surface area contributed by atoms with Crippen LogP contribution in [-0.2, 0) is 9.59 Å². The lowest BCUT2D eigenvalue weighted by Gasteiger charge is -2.26. The molecule has 3 aromatic rings. The zero-order valence-corrected chi connectivity index (χ0v) is 19.1. The minimum absolute atomic E-state index is 0.0131. The minimum Gasteiger partial charge on any atom is -0.507 e. The number of rotatable bonds is 3. The van der Waals surface area contributed by atoms with Crippen LogP contribution < -0.4 is 4.90 Å². The van der Waals surface area contributed by atoms with E-state index in [4.69, 9.17) is 11.6 Å². The Bertz CT molecular complexity index is 1240. The maximum Gasteiger partial charge on any atom is 0.300 e. The molecule has 7 heteroatoms. The van der Waals surface area contributed by atoms with Crippen molar-refractivity contribution >= 4 is 50.7 Å². The number of aliphatic hydroxyl groups is 1. The van der Waals surface area contributed by atoms with Gasteiger partial charge < -0.3 is 5.11 Å². The van der Waals surface area contributed by atoms with E-state index >= 15 is 0 Å². The second-order valence-electron chi connectivity index (χ2n) is 7.30. The van der Waals surface area contributed by atoms with Crippen LogP contribution in [0.5, 0.6) is 0 Å². The fourth-order valence-electron chi connectivity index (χ4n) is 3.74. The predicted molar refractivity (Wildman–Crippen MR) is 124 cm³/mol. The van der Waals surface area contributed by atoms with E-state index in [9.17, 15) is 14.7 Å². The smallest absolute Gasteiger partial charge is 0.300 e. The lowest BCUT2D eigenvalue weighted by Crippen LogP contribution is -2.30. The second-order valence-corrected chi connectivity index (χ2v) is 8.56. The first kappa shape index (κ1) is 21.3. The van der Waals surface area contributed by atoms with Crippen LogP contribution in [0.15, 0.2) is 71.0 Å². The van der Waals surface area contributed by atoms with Crippen molar-refractivity contribution in [2.75, 3.05) is 4.90 Å². The Morgan fingerprint density at radius 1 is 1.13 bits per heavy atom. The highest BCUT2D eigenvalue weighted by Gasteiger charge is 2.47. The van der Waals surface area contributed by atoms with Gasteiger partial charge in [0, 0.05) is 33.1 Å². The van der Waals surface area contributed by atoms with Crippen LogP contribution in [0, 0.1) is 13.8 Å². The standard InChI is InChI=1S/C24H18BrClN2O3/c1-13-11-15(8-9-17(13)25)22(29)20-21(16-5-4-10-27-12-16)28(24(31)23(20)30)19-7-3-6-18(26)14(19)2/h3-12,21,29H,1-2H3/b22-20+. The molecular weight excluding hydrogens is 480 g/mol. The molecule has 4 rings (SSSR count). The van der Waals surface area contributed by atoms with Gasteiger partial charge in [0.2, 0.25) is 0 Å². The molecule has 1 atom stereocenters. The number of anilines is 1. The topological polar surface area (TPSA) is 70.5 Å². The fourth-order valence-corrected chi connectivity index (χ4v) is 4.15. The van der Waals surface area contributed by atoms with Gasteiger partial charge in [0.1, 0.15) is 5.76 Å². The Morgan fingerprint density at radius 2 is 1.90 bits per heavy atom. The Morgan fingerprint density at radius 3 is 2.58 bits per heavy atom. The average Bonchev–Trinajstić information content (AvgIpc) is 3.03. The SMILES string of the molecule is Cc1cc(/C(O)=C2\C(=O)C(=O)N(c3cccc(Cl)c3C)C2c2cccnc2)ccc1Br. The van der Waals surface area contributed by atoms with Crippen molar-refractivity contribution in [1.82, 2.24) is 4.98 Å². The number of aromatic nitrogens is 1. The molecule has 1 amide bonds. The number of amides is 1. The van der Waals surface area contributed by atoms with E-state index in [0.717, 1.165) is 10.0 Å². The first-order valence-electron chi connectivity index (χ1n) is 9.54. The van der Waals surface area contributed by atoms with Crippen LogP contribution >= 0.6 is 27.5 Å². The number of aliphatic hydroxyl groups excluding tert-OH is 1. The molecule has 1 aromatic heterocycles. The van der Waals surface area contributed by atoms with Gasteiger partial charge in [-0.15, -0.1) is 0 Å². The van der Waals surface area contributed by atoms with Crippen molar-refractivity contribution in [3.8, 4) is 0 Å². The summed E-state index contributed by atoms with van der Waals surface area (Å²) >= 11 is 9.74. The minimum atomic E-state index is -0.838. The van der Waals surface area contributed by atoms with Gasteiger partial charge in [-0.2, -0.15) is 0 Å². The number of nitrogens with zero attached hydrogens (tertiary/aromatic N) is 2. The van der Waals surface area contributed by atoms with Crippen LogP contribution in [0.2, 0.25) is 5.02 Å². The van der Waals surface area contributed by atoms with E-state index in [-0.39, 0.29) is 11.3 Å². The van der Waals surface area contributed by atoms with Gasteiger partial charge >= 0.3 is 0 Å². The number of aryl methyl sites for hydroxylation is 1. The van der Waals surface area contributed by atoms with E-state index in [2.05, 4.69) is 20.9 Å². The van der Waals surface area contributed by atoms with Crippen LogP contribution in [0.1, 0.15) is 28.3 Å². The van der Waals surface area contributed by atoms with Gasteiger partial charge in [0.25, 0.3) is 11.7 Å². The van der Waals surface area contributed by atoms with Gasteiger partial charge in [-0.05, 0) is 60.9 Å². The molecule has 5 nitrogen and oxygen atoms in total. The van der Waals surface area contributed by atoms with Gasteiger partial charge in [0.05, 0.1) is 11.6 Å². The normalized spacial score (nSPS) is 17.9. The van der Waals surface area contributed by atoms with Crippen LogP contribution in [0.25, 0.3) is 5.76 Å². The number of pyridine rings is 1. The van der Waals surface area contributed by atoms with Crippen LogP contribution in [0.3, 0.4) is 0 Å². The van der Waals surface area contributed by atoms with Crippen LogP contribution in [-0.4, -0.2) is 21.8 Å². The summed E-state index contributed by atoms with van der Waals surface area (Å²) in [5.74, 6) is -1.72. The molecular formula is C24H18BrClN2O3. The molecule has 1 saturated heterocycles. The number of carbonyl (C=O) groups excluding carboxylic acids is 2. The summed E-state index contributed by atoms with van der Waals surface area (Å²) in [7, 11) is 0. The summed E-state index contributed by atoms with van der Waals surface area (Å²) in [5.41, 5.74) is 3.14. The van der Waals surface area contributed by atoms with E-state index in [1.807, 2.05) is 6.92 Å². The summed E-state index contributed by atoms with van der Waals surface area (Å²) in [5, 5.41) is 11.6. The largest absolute Gasteiger partial charge is 0.507 e. The van der Waals surface area contributed by atoms with Crippen molar-refractivity contribution in [3.05, 3.63) is 98.2 Å². The number of hydrogen-bond acceptors (Lipinski definition) is 4. The molecule has 1 fully saturated rings. The second kappa shape index (κ2) is 8.29. The summed E-state index contributed by atoms with van der Waals surface area (Å²) < 4.78 is 0.878. The Labute approximate surface area is 193 Å². The molecule has 0 saturated carbocycles. The highest BCUT2D eigenvalue weighted by atomic mass is 79.9. The van der Waals surface area contributed by atoms with Crippen molar-refractivity contribution in [1.29, 1.82) is 0 Å². The Hall–Kier alpha value is -2.96. The Balaban J connectivity index is 1.98. The van der Waals surface area contributed by atoms with E-state index in [1.165, 1.54) is 4.90 Å². The molecule has 1 N–H and O–H groups in total. The first-order valence-corrected chi connectivity index (χ1v) is 10.7. The molecule has 2 heterocycles.